The van der Waals surface area contributed by atoms with E-state index in [0.29, 0.717) is 22.8 Å². The van der Waals surface area contributed by atoms with E-state index < -0.39 is 17.0 Å². The number of nitrogens with zero attached hydrogens (tertiary/aromatic N) is 3. The lowest BCUT2D eigenvalue weighted by Crippen LogP contribution is -2.39. The van der Waals surface area contributed by atoms with Gasteiger partial charge >= 0.3 is 5.69 Å². The van der Waals surface area contributed by atoms with Gasteiger partial charge in [-0.1, -0.05) is 37.3 Å². The number of carbonyl (C=O) groups is 2. The molecule has 1 aliphatic carbocycles. The monoisotopic (exact) mass is 435 g/mol. The van der Waals surface area contributed by atoms with E-state index in [1.807, 2.05) is 37.3 Å². The third kappa shape index (κ3) is 3.46. The lowest BCUT2D eigenvalue weighted by molar-refractivity contribution is 0.0991. The fourth-order valence-electron chi connectivity index (χ4n) is 3.79. The molecule has 1 aromatic carbocycles. The largest absolute Gasteiger partial charge is 0.332 e. The van der Waals surface area contributed by atoms with Crippen molar-refractivity contribution in [1.29, 1.82) is 0 Å². The number of pyridine rings is 1. The molecule has 2 heterocycles. The average molecular weight is 436 g/mol. The normalized spacial score (nSPS) is 13.5. The summed E-state index contributed by atoms with van der Waals surface area (Å²) in [5.41, 5.74) is 0.762. The molecule has 1 aliphatic rings. The van der Waals surface area contributed by atoms with Crippen molar-refractivity contribution < 1.29 is 9.59 Å². The minimum Gasteiger partial charge on any atom is -0.289 e. The van der Waals surface area contributed by atoms with Gasteiger partial charge in [-0.05, 0) is 18.4 Å². The topological polar surface area (TPSA) is 91.0 Å². The number of ketones is 2. The standard InChI is InChI=1S/C23H21N3O4S/c1-4-14-17-18(19-21(24-14)25(2)23(30)26(3)22(19)29)15(27)12-16(20(17)28)31-11-10-13-8-6-5-7-9-13/h5-9,12H,4,10-11H2,1-3H3. The smallest absolute Gasteiger partial charge is 0.289 e. The second kappa shape index (κ2) is 8.11. The Morgan fingerprint density at radius 3 is 2.35 bits per heavy atom. The molecule has 0 amide bonds. The lowest BCUT2D eigenvalue weighted by Gasteiger charge is -2.20. The third-order valence-electron chi connectivity index (χ3n) is 5.45. The van der Waals surface area contributed by atoms with Crippen molar-refractivity contribution in [3.8, 4) is 0 Å². The molecule has 2 aromatic heterocycles. The molecular weight excluding hydrogens is 414 g/mol. The number of aromatic nitrogens is 3. The fraction of sp³-hybridized carbons (Fsp3) is 0.261. The van der Waals surface area contributed by atoms with Crippen molar-refractivity contribution in [1.82, 2.24) is 14.1 Å². The zero-order valence-corrected chi connectivity index (χ0v) is 18.3. The number of hydrogen-bond donors (Lipinski definition) is 0. The van der Waals surface area contributed by atoms with E-state index in [-0.39, 0.29) is 27.9 Å². The molecule has 0 aliphatic heterocycles. The van der Waals surface area contributed by atoms with Crippen LogP contribution in [0.2, 0.25) is 0 Å². The van der Waals surface area contributed by atoms with E-state index in [9.17, 15) is 19.2 Å². The molecule has 158 valence electrons. The Morgan fingerprint density at radius 2 is 1.68 bits per heavy atom. The Balaban J connectivity index is 1.81. The van der Waals surface area contributed by atoms with Crippen molar-refractivity contribution in [2.75, 3.05) is 5.75 Å². The number of rotatable bonds is 5. The fourth-order valence-corrected chi connectivity index (χ4v) is 4.77. The summed E-state index contributed by atoms with van der Waals surface area (Å²) in [7, 11) is 2.85. The van der Waals surface area contributed by atoms with Crippen LogP contribution in [0.5, 0.6) is 0 Å². The SMILES string of the molecule is CCc1nc2c(c3c1C(=O)C(SCCc1ccccc1)=CC3=O)c(=O)n(C)c(=O)n2C. The molecule has 31 heavy (non-hydrogen) atoms. The van der Waals surface area contributed by atoms with Gasteiger partial charge in [0.2, 0.25) is 5.78 Å². The summed E-state index contributed by atoms with van der Waals surface area (Å²) in [5.74, 6) is -0.0624. The number of hydrogen-bond acceptors (Lipinski definition) is 6. The molecule has 0 spiro atoms. The van der Waals surface area contributed by atoms with Crippen molar-refractivity contribution in [2.45, 2.75) is 19.8 Å². The molecule has 0 atom stereocenters. The number of allylic oxidation sites excluding steroid dienone is 2. The Bertz CT molecular complexity index is 1380. The first-order valence-corrected chi connectivity index (χ1v) is 10.9. The first kappa shape index (κ1) is 21.0. The van der Waals surface area contributed by atoms with Gasteiger partial charge in [-0.2, -0.15) is 0 Å². The molecule has 0 saturated carbocycles. The van der Waals surface area contributed by atoms with Gasteiger partial charge in [0.15, 0.2) is 5.78 Å². The maximum atomic E-state index is 13.3. The highest BCUT2D eigenvalue weighted by Gasteiger charge is 2.33. The molecule has 0 N–H and O–H groups in total. The summed E-state index contributed by atoms with van der Waals surface area (Å²) < 4.78 is 2.17. The van der Waals surface area contributed by atoms with Crippen LogP contribution >= 0.6 is 11.8 Å². The maximum absolute atomic E-state index is 13.3. The van der Waals surface area contributed by atoms with Crippen LogP contribution in [0.1, 0.15) is 38.9 Å². The summed E-state index contributed by atoms with van der Waals surface area (Å²) in [6.45, 7) is 1.83. The van der Waals surface area contributed by atoms with Crippen LogP contribution in [0.4, 0.5) is 0 Å². The zero-order valence-electron chi connectivity index (χ0n) is 17.5. The molecule has 0 saturated heterocycles. The molecular formula is C23H21N3O4S. The van der Waals surface area contributed by atoms with Crippen molar-refractivity contribution >= 4 is 34.4 Å². The molecule has 7 nitrogen and oxygen atoms in total. The van der Waals surface area contributed by atoms with Gasteiger partial charge in [-0.25, -0.2) is 9.78 Å². The summed E-state index contributed by atoms with van der Waals surface area (Å²) in [5, 5.41) is 0.0136. The summed E-state index contributed by atoms with van der Waals surface area (Å²) in [4.78, 5) is 56.4. The highest BCUT2D eigenvalue weighted by molar-refractivity contribution is 8.04. The van der Waals surface area contributed by atoms with E-state index in [0.717, 1.165) is 16.6 Å². The number of Topliss-reactive ketones (excluding diaryl/α,β-unsaturated/α-hetero) is 1. The van der Waals surface area contributed by atoms with Gasteiger partial charge in [-0.3, -0.25) is 23.5 Å². The van der Waals surface area contributed by atoms with Crippen LogP contribution in [0.15, 0.2) is 50.9 Å². The van der Waals surface area contributed by atoms with Crippen LogP contribution in [0, 0.1) is 0 Å². The van der Waals surface area contributed by atoms with E-state index in [4.69, 9.17) is 0 Å². The third-order valence-corrected chi connectivity index (χ3v) is 6.47. The van der Waals surface area contributed by atoms with Crippen LogP contribution in [-0.2, 0) is 26.9 Å². The van der Waals surface area contributed by atoms with E-state index >= 15 is 0 Å². The predicted molar refractivity (Wildman–Crippen MR) is 121 cm³/mol. The van der Waals surface area contributed by atoms with Crippen molar-refractivity contribution in [3.05, 3.63) is 84.5 Å². The Labute approximate surface area is 182 Å². The van der Waals surface area contributed by atoms with E-state index in [1.165, 1.54) is 36.5 Å². The Hall–Kier alpha value is -3.26. The van der Waals surface area contributed by atoms with Gasteiger partial charge in [0.05, 0.1) is 27.1 Å². The van der Waals surface area contributed by atoms with Crippen molar-refractivity contribution in [3.63, 3.8) is 0 Å². The molecule has 4 rings (SSSR count). The zero-order chi connectivity index (χ0) is 22.3. The molecule has 0 radical (unpaired) electrons. The van der Waals surface area contributed by atoms with Crippen LogP contribution in [-0.4, -0.2) is 31.4 Å². The van der Waals surface area contributed by atoms with Crippen LogP contribution in [0.25, 0.3) is 11.0 Å². The summed E-state index contributed by atoms with van der Waals surface area (Å²) in [6, 6.07) is 9.90. The minimum absolute atomic E-state index is 0.0136. The van der Waals surface area contributed by atoms with Gasteiger partial charge in [0.1, 0.15) is 5.65 Å². The number of thioether (sulfide) groups is 1. The van der Waals surface area contributed by atoms with Crippen LogP contribution < -0.4 is 11.2 Å². The number of benzene rings is 1. The number of aryl methyl sites for hydroxylation is 3. The van der Waals surface area contributed by atoms with Gasteiger partial charge in [-0.15, -0.1) is 11.8 Å². The average Bonchev–Trinajstić information content (AvgIpc) is 2.78. The highest BCUT2D eigenvalue weighted by atomic mass is 32.2. The Kier molecular flexibility index (Phi) is 5.49. The molecule has 3 aromatic rings. The minimum atomic E-state index is -0.626. The highest BCUT2D eigenvalue weighted by Crippen LogP contribution is 2.33. The molecule has 0 unspecified atom stereocenters. The predicted octanol–water partition coefficient (Wildman–Crippen LogP) is 2.43. The Morgan fingerprint density at radius 1 is 0.968 bits per heavy atom. The molecule has 0 bridgehead atoms. The van der Waals surface area contributed by atoms with Gasteiger partial charge in [0.25, 0.3) is 5.56 Å². The second-order valence-corrected chi connectivity index (χ2v) is 8.49. The van der Waals surface area contributed by atoms with Crippen molar-refractivity contribution in [2.24, 2.45) is 14.1 Å². The van der Waals surface area contributed by atoms with Gasteiger partial charge < -0.3 is 0 Å². The number of carbonyl (C=O) groups excluding carboxylic acids is 2. The van der Waals surface area contributed by atoms with E-state index in [2.05, 4.69) is 4.98 Å². The summed E-state index contributed by atoms with van der Waals surface area (Å²) >= 11 is 1.33. The quantitative estimate of drug-likeness (QED) is 0.611. The summed E-state index contributed by atoms with van der Waals surface area (Å²) in [6.07, 6.45) is 2.46. The maximum Gasteiger partial charge on any atom is 0.332 e. The first-order chi connectivity index (χ1) is 14.8. The first-order valence-electron chi connectivity index (χ1n) is 9.95. The number of fused-ring (bicyclic) bond motifs is 3. The molecule has 0 fully saturated rings. The lowest BCUT2D eigenvalue weighted by atomic mass is 9.90. The van der Waals surface area contributed by atoms with E-state index in [1.54, 1.807) is 0 Å². The second-order valence-electron chi connectivity index (χ2n) is 7.35. The molecule has 8 heteroatoms. The van der Waals surface area contributed by atoms with Crippen LogP contribution in [0.3, 0.4) is 0 Å². The van der Waals surface area contributed by atoms with Gasteiger partial charge in [0, 0.05) is 25.9 Å².